The summed E-state index contributed by atoms with van der Waals surface area (Å²) in [4.78, 5) is 0. The molecule has 2 rings (SSSR count). The van der Waals surface area contributed by atoms with Crippen LogP contribution >= 0.6 is 11.6 Å². The lowest BCUT2D eigenvalue weighted by Gasteiger charge is -2.21. The van der Waals surface area contributed by atoms with E-state index in [9.17, 15) is 0 Å². The van der Waals surface area contributed by atoms with E-state index in [1.807, 2.05) is 24.3 Å². The summed E-state index contributed by atoms with van der Waals surface area (Å²) in [5.41, 5.74) is 2.52. The average molecular weight is 304 g/mol. The Morgan fingerprint density at radius 2 is 1.81 bits per heavy atom. The Bertz CT molecular complexity index is 568. The number of hydrogen-bond donors (Lipinski definition) is 1. The molecule has 0 radical (unpaired) electrons. The molecule has 0 aliphatic heterocycles. The highest BCUT2D eigenvalue weighted by atomic mass is 35.5. The molecule has 21 heavy (non-hydrogen) atoms. The van der Waals surface area contributed by atoms with Crippen LogP contribution < -0.4 is 10.1 Å². The van der Waals surface area contributed by atoms with Crippen molar-refractivity contribution >= 4 is 11.6 Å². The molecule has 2 aromatic carbocycles. The number of methoxy groups -OCH3 is 1. The molecule has 2 atom stereocenters. The van der Waals surface area contributed by atoms with E-state index in [0.29, 0.717) is 6.04 Å². The van der Waals surface area contributed by atoms with Gasteiger partial charge in [-0.2, -0.15) is 0 Å². The quantitative estimate of drug-likeness (QED) is 0.840. The fourth-order valence-electron chi connectivity index (χ4n) is 2.47. The van der Waals surface area contributed by atoms with Crippen LogP contribution in [-0.2, 0) is 6.42 Å². The molecular formula is C18H22ClNO. The van der Waals surface area contributed by atoms with E-state index >= 15 is 0 Å². The Balaban J connectivity index is 1.94. The van der Waals surface area contributed by atoms with Crippen molar-refractivity contribution in [1.82, 2.24) is 5.32 Å². The van der Waals surface area contributed by atoms with Gasteiger partial charge >= 0.3 is 0 Å². The molecular weight excluding hydrogens is 282 g/mol. The predicted octanol–water partition coefficient (Wildman–Crippen LogP) is 4.63. The summed E-state index contributed by atoms with van der Waals surface area (Å²) in [5.74, 6) is 0.895. The number of hydrogen-bond acceptors (Lipinski definition) is 2. The van der Waals surface area contributed by atoms with Crippen LogP contribution in [0.3, 0.4) is 0 Å². The van der Waals surface area contributed by atoms with Gasteiger partial charge in [-0.1, -0.05) is 35.9 Å². The van der Waals surface area contributed by atoms with E-state index < -0.39 is 0 Å². The summed E-state index contributed by atoms with van der Waals surface area (Å²) in [6.45, 7) is 4.37. The van der Waals surface area contributed by atoms with Gasteiger partial charge in [-0.05, 0) is 55.7 Å². The Morgan fingerprint density at radius 3 is 2.48 bits per heavy atom. The summed E-state index contributed by atoms with van der Waals surface area (Å²) < 4.78 is 5.28. The average Bonchev–Trinajstić information content (AvgIpc) is 2.49. The molecule has 0 aliphatic carbocycles. The van der Waals surface area contributed by atoms with Crippen LogP contribution in [0, 0.1) is 0 Å². The van der Waals surface area contributed by atoms with Crippen molar-refractivity contribution in [3.63, 3.8) is 0 Å². The first kappa shape index (κ1) is 15.9. The monoisotopic (exact) mass is 303 g/mol. The van der Waals surface area contributed by atoms with Crippen molar-refractivity contribution in [2.45, 2.75) is 32.4 Å². The maximum Gasteiger partial charge on any atom is 0.119 e. The SMILES string of the molecule is COc1cccc([C@@H](C)NC(C)Cc2ccc(Cl)cc2)c1. The zero-order chi connectivity index (χ0) is 15.2. The van der Waals surface area contributed by atoms with Crippen LogP contribution in [0.25, 0.3) is 0 Å². The minimum absolute atomic E-state index is 0.280. The topological polar surface area (TPSA) is 21.3 Å². The molecule has 1 N–H and O–H groups in total. The fraction of sp³-hybridized carbons (Fsp3) is 0.333. The van der Waals surface area contributed by atoms with Crippen molar-refractivity contribution in [3.8, 4) is 5.75 Å². The molecule has 0 aromatic heterocycles. The van der Waals surface area contributed by atoms with Gasteiger partial charge in [0.2, 0.25) is 0 Å². The third-order valence-electron chi connectivity index (χ3n) is 3.58. The second-order valence-electron chi connectivity index (χ2n) is 5.40. The van der Waals surface area contributed by atoms with Crippen LogP contribution in [0.15, 0.2) is 48.5 Å². The smallest absolute Gasteiger partial charge is 0.119 e. The highest BCUT2D eigenvalue weighted by molar-refractivity contribution is 6.30. The largest absolute Gasteiger partial charge is 0.497 e. The Hall–Kier alpha value is -1.51. The molecule has 2 aromatic rings. The van der Waals surface area contributed by atoms with Gasteiger partial charge in [-0.15, -0.1) is 0 Å². The van der Waals surface area contributed by atoms with Crippen LogP contribution in [0.2, 0.25) is 5.02 Å². The van der Waals surface area contributed by atoms with Gasteiger partial charge in [0.25, 0.3) is 0 Å². The molecule has 112 valence electrons. The van der Waals surface area contributed by atoms with Gasteiger partial charge in [-0.3, -0.25) is 0 Å². The summed E-state index contributed by atoms with van der Waals surface area (Å²) >= 11 is 5.91. The van der Waals surface area contributed by atoms with Crippen molar-refractivity contribution in [2.24, 2.45) is 0 Å². The van der Waals surface area contributed by atoms with E-state index in [2.05, 4.69) is 43.4 Å². The van der Waals surface area contributed by atoms with Crippen molar-refractivity contribution < 1.29 is 4.74 Å². The predicted molar refractivity (Wildman–Crippen MR) is 89.2 cm³/mol. The van der Waals surface area contributed by atoms with Gasteiger partial charge in [0.15, 0.2) is 0 Å². The highest BCUT2D eigenvalue weighted by Crippen LogP contribution is 2.20. The molecule has 0 fully saturated rings. The Labute approximate surface area is 132 Å². The zero-order valence-corrected chi connectivity index (χ0v) is 13.5. The third kappa shape index (κ3) is 4.76. The molecule has 2 nitrogen and oxygen atoms in total. The number of halogens is 1. The van der Waals surface area contributed by atoms with E-state index in [-0.39, 0.29) is 6.04 Å². The minimum Gasteiger partial charge on any atom is -0.497 e. The molecule has 0 amide bonds. The fourth-order valence-corrected chi connectivity index (χ4v) is 2.59. The number of benzene rings is 2. The van der Waals surface area contributed by atoms with Crippen molar-refractivity contribution in [2.75, 3.05) is 7.11 Å². The second kappa shape index (κ2) is 7.48. The number of rotatable bonds is 6. The molecule has 3 heteroatoms. The van der Waals surface area contributed by atoms with Gasteiger partial charge in [0.05, 0.1) is 7.11 Å². The van der Waals surface area contributed by atoms with Gasteiger partial charge in [0.1, 0.15) is 5.75 Å². The van der Waals surface area contributed by atoms with Crippen LogP contribution in [0.1, 0.15) is 31.0 Å². The molecule has 0 spiro atoms. The van der Waals surface area contributed by atoms with Crippen molar-refractivity contribution in [1.29, 1.82) is 0 Å². The first-order chi connectivity index (χ1) is 10.1. The van der Waals surface area contributed by atoms with Crippen LogP contribution in [0.5, 0.6) is 5.75 Å². The Kier molecular flexibility index (Phi) is 5.66. The molecule has 0 saturated heterocycles. The van der Waals surface area contributed by atoms with Crippen LogP contribution in [0.4, 0.5) is 0 Å². The lowest BCUT2D eigenvalue weighted by molar-refractivity contribution is 0.412. The molecule has 0 bridgehead atoms. The second-order valence-corrected chi connectivity index (χ2v) is 5.83. The van der Waals surface area contributed by atoms with Crippen LogP contribution in [-0.4, -0.2) is 13.2 Å². The van der Waals surface area contributed by atoms with Gasteiger partial charge in [0, 0.05) is 17.1 Å². The number of nitrogens with one attached hydrogen (secondary N) is 1. The minimum atomic E-state index is 0.280. The van der Waals surface area contributed by atoms with Gasteiger partial charge < -0.3 is 10.1 Å². The lowest BCUT2D eigenvalue weighted by atomic mass is 10.0. The molecule has 0 heterocycles. The molecule has 0 saturated carbocycles. The van der Waals surface area contributed by atoms with E-state index in [0.717, 1.165) is 17.2 Å². The maximum absolute atomic E-state index is 5.91. The van der Waals surface area contributed by atoms with E-state index in [4.69, 9.17) is 16.3 Å². The third-order valence-corrected chi connectivity index (χ3v) is 3.84. The first-order valence-electron chi connectivity index (χ1n) is 7.23. The lowest BCUT2D eigenvalue weighted by Crippen LogP contribution is -2.30. The van der Waals surface area contributed by atoms with Crippen molar-refractivity contribution in [3.05, 3.63) is 64.7 Å². The zero-order valence-electron chi connectivity index (χ0n) is 12.8. The first-order valence-corrected chi connectivity index (χ1v) is 7.60. The normalized spacial score (nSPS) is 13.7. The van der Waals surface area contributed by atoms with E-state index in [1.165, 1.54) is 11.1 Å². The van der Waals surface area contributed by atoms with Gasteiger partial charge in [-0.25, -0.2) is 0 Å². The van der Waals surface area contributed by atoms with E-state index in [1.54, 1.807) is 7.11 Å². The Morgan fingerprint density at radius 1 is 1.10 bits per heavy atom. The molecule has 1 unspecified atom stereocenters. The summed E-state index contributed by atoms with van der Waals surface area (Å²) in [6, 6.07) is 16.9. The summed E-state index contributed by atoms with van der Waals surface area (Å²) in [7, 11) is 1.69. The molecule has 0 aliphatic rings. The summed E-state index contributed by atoms with van der Waals surface area (Å²) in [6.07, 6.45) is 0.978. The number of ether oxygens (including phenoxy) is 1. The summed E-state index contributed by atoms with van der Waals surface area (Å²) in [5, 5.41) is 4.40. The highest BCUT2D eigenvalue weighted by Gasteiger charge is 2.10. The standard InChI is InChI=1S/C18H22ClNO/c1-13(11-15-7-9-17(19)10-8-15)20-14(2)16-5-4-6-18(12-16)21-3/h4-10,12-14,20H,11H2,1-3H3/t13?,14-/m1/s1. The maximum atomic E-state index is 5.91.